The first-order chi connectivity index (χ1) is 21.8. The lowest BCUT2D eigenvalue weighted by atomic mass is 9.49. The Morgan fingerprint density at radius 2 is 1.93 bits per heavy atom. The van der Waals surface area contributed by atoms with Crippen LogP contribution in [0.25, 0.3) is 0 Å². The summed E-state index contributed by atoms with van der Waals surface area (Å²) in [6.07, 6.45) is 1.72. The number of aromatic nitrogens is 4. The number of pyridine rings is 1. The zero-order valence-electron chi connectivity index (χ0n) is 26.2. The van der Waals surface area contributed by atoms with Crippen molar-refractivity contribution < 1.29 is 22.7 Å². The highest BCUT2D eigenvalue weighted by atomic mass is 19.4. The molecule has 3 fully saturated rings. The van der Waals surface area contributed by atoms with Crippen molar-refractivity contribution in [3.63, 3.8) is 0 Å². The fraction of sp³-hybridized carbons (Fsp3) is 0.545. The molecule has 1 spiro atoms. The van der Waals surface area contributed by atoms with Crippen molar-refractivity contribution in [2.75, 3.05) is 23.4 Å². The number of nitrogens with zero attached hydrogens (tertiary/aromatic N) is 6. The number of benzene rings is 1. The van der Waals surface area contributed by atoms with E-state index in [1.807, 2.05) is 24.6 Å². The molecule has 7 rings (SSSR count). The zero-order valence-corrected chi connectivity index (χ0v) is 26.2. The van der Waals surface area contributed by atoms with Crippen LogP contribution in [0.3, 0.4) is 0 Å². The molecule has 2 aliphatic heterocycles. The Bertz CT molecular complexity index is 1730. The maximum Gasteiger partial charge on any atom is 0.416 e. The van der Waals surface area contributed by atoms with E-state index in [2.05, 4.69) is 33.8 Å². The van der Waals surface area contributed by atoms with Crippen molar-refractivity contribution >= 4 is 17.5 Å². The van der Waals surface area contributed by atoms with E-state index in [0.29, 0.717) is 24.6 Å². The monoisotopic (exact) mass is 634 g/mol. The molecule has 1 atom stereocenters. The molecule has 0 unspecified atom stereocenters. The average molecular weight is 635 g/mol. The van der Waals surface area contributed by atoms with Gasteiger partial charge in [-0.25, -0.2) is 4.98 Å². The first kappa shape index (κ1) is 30.6. The second-order valence-electron chi connectivity index (χ2n) is 14.0. The van der Waals surface area contributed by atoms with Crippen LogP contribution in [0.15, 0.2) is 30.6 Å². The summed E-state index contributed by atoms with van der Waals surface area (Å²) in [7, 11) is 1.88. The van der Waals surface area contributed by atoms with Crippen LogP contribution in [0.1, 0.15) is 90.8 Å². The molecule has 2 aromatic heterocycles. The lowest BCUT2D eigenvalue weighted by Gasteiger charge is -2.59. The van der Waals surface area contributed by atoms with E-state index in [4.69, 9.17) is 9.72 Å². The molecule has 4 aliphatic rings. The van der Waals surface area contributed by atoms with Crippen LogP contribution < -0.4 is 15.5 Å². The lowest BCUT2D eigenvalue weighted by Crippen LogP contribution is -2.60. The smallest absolute Gasteiger partial charge is 0.380 e. The molecule has 0 radical (unpaired) electrons. The van der Waals surface area contributed by atoms with Gasteiger partial charge < -0.3 is 19.9 Å². The topological polar surface area (TPSA) is 121 Å². The number of nitriles is 1. The second kappa shape index (κ2) is 10.8. The number of fused-ring (bicyclic) bond motifs is 1. The summed E-state index contributed by atoms with van der Waals surface area (Å²) in [4.78, 5) is 20.1. The highest BCUT2D eigenvalue weighted by molar-refractivity contribution is 6.10. The molecule has 13 heteroatoms. The molecule has 10 nitrogen and oxygen atoms in total. The van der Waals surface area contributed by atoms with Crippen molar-refractivity contribution in [3.05, 3.63) is 64.2 Å². The average Bonchev–Trinajstić information content (AvgIpc) is 3.52. The summed E-state index contributed by atoms with van der Waals surface area (Å²) in [5.41, 5.74) is -0.202. The molecule has 2 aliphatic carbocycles. The minimum absolute atomic E-state index is 0.0133. The number of hydrogen-bond acceptors (Lipinski definition) is 8. The number of anilines is 2. The molecule has 1 aromatic carbocycles. The zero-order chi connectivity index (χ0) is 32.5. The Morgan fingerprint density at radius 1 is 1.17 bits per heavy atom. The van der Waals surface area contributed by atoms with Crippen molar-refractivity contribution in [3.8, 4) is 6.07 Å². The number of hydrogen-bond donors (Lipinski definition) is 2. The van der Waals surface area contributed by atoms with E-state index >= 15 is 0 Å². The van der Waals surface area contributed by atoms with Crippen LogP contribution in [-0.4, -0.2) is 50.5 Å². The van der Waals surface area contributed by atoms with Gasteiger partial charge in [0.15, 0.2) is 0 Å². The molecule has 2 saturated carbocycles. The Morgan fingerprint density at radius 3 is 2.52 bits per heavy atom. The minimum Gasteiger partial charge on any atom is -0.380 e. The van der Waals surface area contributed by atoms with E-state index in [1.165, 1.54) is 11.0 Å². The van der Waals surface area contributed by atoms with E-state index in [-0.39, 0.29) is 53.5 Å². The number of ether oxygens (including phenoxy) is 1. The third-order valence-corrected chi connectivity index (χ3v) is 10.3. The SMILES string of the molecule is C[C@H](CC#N)Nc1cc(C2(c3nncn3C)CC3(COC3)C2)cc(N2Cc3c(cc(CNC4(C)CCC4)cc3C(F)(F)F)C2=O)n1. The summed E-state index contributed by atoms with van der Waals surface area (Å²) in [6.45, 7) is 5.19. The number of alkyl halides is 3. The normalized spacial score (nSPS) is 21.2. The van der Waals surface area contributed by atoms with Gasteiger partial charge in [0, 0.05) is 36.2 Å². The Labute approximate surface area is 265 Å². The second-order valence-corrected chi connectivity index (χ2v) is 14.0. The molecule has 4 heterocycles. The maximum atomic E-state index is 14.5. The van der Waals surface area contributed by atoms with Gasteiger partial charge in [0.1, 0.15) is 23.8 Å². The number of amides is 1. The van der Waals surface area contributed by atoms with Crippen LogP contribution in [0.5, 0.6) is 0 Å². The molecule has 46 heavy (non-hydrogen) atoms. The first-order valence-corrected chi connectivity index (χ1v) is 15.7. The van der Waals surface area contributed by atoms with Gasteiger partial charge in [-0.3, -0.25) is 9.69 Å². The van der Waals surface area contributed by atoms with Crippen LogP contribution in [-0.2, 0) is 36.5 Å². The largest absolute Gasteiger partial charge is 0.416 e. The Kier molecular flexibility index (Phi) is 7.17. The molecule has 3 aromatic rings. The fourth-order valence-corrected chi connectivity index (χ4v) is 7.68. The number of carbonyl (C=O) groups is 1. The molecule has 0 bridgehead atoms. The molecule has 2 N–H and O–H groups in total. The molecule has 1 saturated heterocycles. The van der Waals surface area contributed by atoms with E-state index in [1.54, 1.807) is 18.5 Å². The molecule has 242 valence electrons. The number of rotatable bonds is 9. The van der Waals surface area contributed by atoms with Gasteiger partial charge in [-0.2, -0.15) is 18.4 Å². The third-order valence-electron chi connectivity index (χ3n) is 10.3. The van der Waals surface area contributed by atoms with Crippen LogP contribution >= 0.6 is 0 Å². The van der Waals surface area contributed by atoms with Gasteiger partial charge in [-0.05, 0) is 86.9 Å². The maximum absolute atomic E-state index is 14.5. The number of halogens is 3. The van der Waals surface area contributed by atoms with Crippen molar-refractivity contribution in [2.24, 2.45) is 12.5 Å². The number of carbonyl (C=O) groups excluding carboxylic acids is 1. The summed E-state index contributed by atoms with van der Waals surface area (Å²) in [5.74, 6) is 0.905. The fourth-order valence-electron chi connectivity index (χ4n) is 7.68. The predicted octanol–water partition coefficient (Wildman–Crippen LogP) is 5.23. The summed E-state index contributed by atoms with van der Waals surface area (Å²) >= 11 is 0. The summed E-state index contributed by atoms with van der Waals surface area (Å²) in [6, 6.07) is 8.36. The van der Waals surface area contributed by atoms with Gasteiger partial charge in [0.05, 0.1) is 43.2 Å². The predicted molar refractivity (Wildman–Crippen MR) is 163 cm³/mol. The summed E-state index contributed by atoms with van der Waals surface area (Å²) < 4.78 is 50.8. The van der Waals surface area contributed by atoms with E-state index in [0.717, 1.165) is 43.5 Å². The number of nitrogens with one attached hydrogen (secondary N) is 2. The third kappa shape index (κ3) is 5.11. The lowest BCUT2D eigenvalue weighted by molar-refractivity contribution is -0.182. The van der Waals surface area contributed by atoms with Crippen LogP contribution in [0.4, 0.5) is 24.8 Å². The molecular weight excluding hydrogens is 597 g/mol. The van der Waals surface area contributed by atoms with Crippen LogP contribution in [0, 0.1) is 16.7 Å². The first-order valence-electron chi connectivity index (χ1n) is 15.7. The van der Waals surface area contributed by atoms with Gasteiger partial charge in [0.25, 0.3) is 5.91 Å². The number of aryl methyl sites for hydroxylation is 1. The van der Waals surface area contributed by atoms with Crippen molar-refractivity contribution in [2.45, 2.75) is 88.6 Å². The Hall–Kier alpha value is -4.02. The van der Waals surface area contributed by atoms with Gasteiger partial charge in [0.2, 0.25) is 0 Å². The van der Waals surface area contributed by atoms with Gasteiger partial charge in [-0.15, -0.1) is 10.2 Å². The van der Waals surface area contributed by atoms with Crippen molar-refractivity contribution in [1.82, 2.24) is 25.1 Å². The minimum atomic E-state index is -4.63. The van der Waals surface area contributed by atoms with E-state index < -0.39 is 23.1 Å². The van der Waals surface area contributed by atoms with Gasteiger partial charge >= 0.3 is 6.18 Å². The quantitative estimate of drug-likeness (QED) is 0.328. The highest BCUT2D eigenvalue weighted by Crippen LogP contribution is 2.62. The highest BCUT2D eigenvalue weighted by Gasteiger charge is 2.62. The Balaban J connectivity index is 1.29. The van der Waals surface area contributed by atoms with Crippen molar-refractivity contribution in [1.29, 1.82) is 5.26 Å². The molecule has 1 amide bonds. The molecular formula is C33H37F3N8O2. The standard InChI is InChI=1S/C33H37F3N8O2/c1-20(5-8-37)40-26-11-22(32(29-42-39-19-43(29)3)15-31(16-32)17-46-18-31)12-27(41-26)44-14-24-23(28(44)45)9-21(10-25(24)33(34,35)36)13-38-30(2)6-4-7-30/h9-12,19-20,38H,4-7,13-18H2,1-3H3,(H,40,41)/t20-/m1/s1. The van der Waals surface area contributed by atoms with E-state index in [9.17, 15) is 23.2 Å². The summed E-state index contributed by atoms with van der Waals surface area (Å²) in [5, 5.41) is 24.6. The van der Waals surface area contributed by atoms with Crippen LogP contribution in [0.2, 0.25) is 0 Å². The van der Waals surface area contributed by atoms with Gasteiger partial charge in [-0.1, -0.05) is 0 Å².